The molecule has 0 saturated heterocycles. The van der Waals surface area contributed by atoms with E-state index in [1.807, 2.05) is 0 Å². The summed E-state index contributed by atoms with van der Waals surface area (Å²) >= 11 is -3.95. The summed E-state index contributed by atoms with van der Waals surface area (Å²) in [6.45, 7) is 0. The van der Waals surface area contributed by atoms with Crippen molar-refractivity contribution in [2.75, 3.05) is 0 Å². The number of nitro benzene ring substituents is 1. The minimum Gasteiger partial charge on any atom is -0.478 e. The normalized spacial score (nSPS) is 10.2. The molecule has 0 aliphatic rings. The van der Waals surface area contributed by atoms with Gasteiger partial charge in [0.1, 0.15) is 0 Å². The van der Waals surface area contributed by atoms with Gasteiger partial charge in [-0.1, -0.05) is 0 Å². The minimum absolute atomic E-state index is 0.350. The van der Waals surface area contributed by atoms with E-state index in [1.54, 1.807) is 0 Å². The Morgan fingerprint density at radius 1 is 1.40 bits per heavy atom. The SMILES string of the molecule is O=C(O)c1cc([N+](=O)[O-])ccc1I(=O)=O. The van der Waals surface area contributed by atoms with E-state index in [4.69, 9.17) is 5.11 Å². The largest absolute Gasteiger partial charge is 0.478 e. The van der Waals surface area contributed by atoms with Crippen molar-refractivity contribution in [3.05, 3.63) is 37.4 Å². The first-order chi connectivity index (χ1) is 6.93. The number of aromatic carboxylic acids is 1. The molecule has 0 unspecified atom stereocenters. The van der Waals surface area contributed by atoms with Crippen LogP contribution in [0, 0.1) is 13.7 Å². The summed E-state index contributed by atoms with van der Waals surface area (Å²) in [7, 11) is 0. The zero-order chi connectivity index (χ0) is 11.6. The van der Waals surface area contributed by atoms with Crippen LogP contribution in [0.2, 0.25) is 0 Å². The monoisotopic (exact) mass is 325 g/mol. The van der Waals surface area contributed by atoms with Crippen molar-refractivity contribution in [2.45, 2.75) is 0 Å². The van der Waals surface area contributed by atoms with Gasteiger partial charge in [0.15, 0.2) is 0 Å². The van der Waals surface area contributed by atoms with Crippen molar-refractivity contribution in [3.63, 3.8) is 0 Å². The highest BCUT2D eigenvalue weighted by Gasteiger charge is 2.18. The Labute approximate surface area is 90.0 Å². The fraction of sp³-hybridized carbons (Fsp3) is 0. The van der Waals surface area contributed by atoms with E-state index < -0.39 is 41.9 Å². The molecule has 1 N–H and O–H groups in total. The lowest BCUT2D eigenvalue weighted by molar-refractivity contribution is -0.384. The summed E-state index contributed by atoms with van der Waals surface area (Å²) in [6, 6.07) is 2.63. The summed E-state index contributed by atoms with van der Waals surface area (Å²) in [5.41, 5.74) is -1.01. The molecule has 0 atom stereocenters. The van der Waals surface area contributed by atoms with Gasteiger partial charge in [0, 0.05) is 12.1 Å². The van der Waals surface area contributed by atoms with Crippen LogP contribution in [0.15, 0.2) is 18.2 Å². The average Bonchev–Trinajstić information content (AvgIpc) is 2.16. The van der Waals surface area contributed by atoms with E-state index >= 15 is 0 Å². The highest BCUT2D eigenvalue weighted by Crippen LogP contribution is 2.25. The van der Waals surface area contributed by atoms with Gasteiger partial charge in [0.25, 0.3) is 5.69 Å². The summed E-state index contributed by atoms with van der Waals surface area (Å²) < 4.78 is 21.1. The van der Waals surface area contributed by atoms with Gasteiger partial charge in [-0.3, -0.25) is 10.1 Å². The molecule has 1 aromatic rings. The zero-order valence-electron chi connectivity index (χ0n) is 7.05. The van der Waals surface area contributed by atoms with Crippen molar-refractivity contribution < 1.29 is 21.0 Å². The van der Waals surface area contributed by atoms with E-state index in [0.29, 0.717) is 0 Å². The molecule has 0 spiro atoms. The second-order valence-corrected chi connectivity index (χ2v) is 4.85. The summed E-state index contributed by atoms with van der Waals surface area (Å²) in [5.74, 6) is -1.50. The Morgan fingerprint density at radius 3 is 2.40 bits per heavy atom. The fourth-order valence-electron chi connectivity index (χ4n) is 0.925. The van der Waals surface area contributed by atoms with Crippen LogP contribution in [0.25, 0.3) is 0 Å². The second-order valence-electron chi connectivity index (χ2n) is 2.44. The number of non-ortho nitro benzene ring substituents is 1. The van der Waals surface area contributed by atoms with E-state index in [1.165, 1.54) is 0 Å². The highest BCUT2D eigenvalue weighted by molar-refractivity contribution is 14.2. The molecule has 0 fully saturated rings. The molecule has 0 aliphatic heterocycles. The van der Waals surface area contributed by atoms with Gasteiger partial charge in [-0.05, 0) is 6.07 Å². The summed E-state index contributed by atoms with van der Waals surface area (Å²) in [6.07, 6.45) is 0. The molecule has 0 bridgehead atoms. The van der Waals surface area contributed by atoms with Crippen LogP contribution in [0.4, 0.5) is 5.69 Å². The first kappa shape index (κ1) is 11.5. The molecular weight excluding hydrogens is 321 g/mol. The maximum atomic E-state index is 10.7. The molecule has 1 aromatic carbocycles. The van der Waals surface area contributed by atoms with Crippen LogP contribution in [0.3, 0.4) is 0 Å². The van der Waals surface area contributed by atoms with Crippen LogP contribution >= 0.6 is 19.8 Å². The first-order valence-electron chi connectivity index (χ1n) is 3.50. The molecule has 0 aliphatic carbocycles. The number of nitro groups is 1. The Balaban J connectivity index is 3.46. The number of carbonyl (C=O) groups is 1. The van der Waals surface area contributed by atoms with E-state index in [0.717, 1.165) is 18.2 Å². The molecule has 8 heteroatoms. The number of benzene rings is 1. The third-order valence-electron chi connectivity index (χ3n) is 1.56. The molecule has 0 amide bonds. The Bertz CT molecular complexity index is 498. The van der Waals surface area contributed by atoms with Gasteiger partial charge in [0.05, 0.1) is 14.1 Å². The number of rotatable bonds is 3. The molecule has 0 saturated carbocycles. The Morgan fingerprint density at radius 2 is 2.00 bits per heavy atom. The first-order valence-corrected chi connectivity index (χ1v) is 6.34. The Hall–Kier alpha value is -1.58. The summed E-state index contributed by atoms with van der Waals surface area (Å²) in [5, 5.41) is 19.0. The van der Waals surface area contributed by atoms with E-state index in [2.05, 4.69) is 0 Å². The lowest BCUT2D eigenvalue weighted by atomic mass is 10.2. The number of carboxylic acid groups (broad SMARTS) is 1. The topological polar surface area (TPSA) is 115 Å². The molecule has 7 nitrogen and oxygen atoms in total. The average molecular weight is 325 g/mol. The van der Waals surface area contributed by atoms with E-state index in [-0.39, 0.29) is 3.57 Å². The number of carboxylic acids is 1. The second kappa shape index (κ2) is 4.29. The van der Waals surface area contributed by atoms with Gasteiger partial charge in [-0.15, -0.1) is 0 Å². The van der Waals surface area contributed by atoms with Crippen LogP contribution in [0.5, 0.6) is 0 Å². The number of nitrogens with zero attached hydrogens (tertiary/aromatic N) is 1. The van der Waals surface area contributed by atoms with Gasteiger partial charge >= 0.3 is 25.8 Å². The fourth-order valence-corrected chi connectivity index (χ4v) is 2.26. The lowest BCUT2D eigenvalue weighted by Gasteiger charge is -1.97. The minimum atomic E-state index is -3.95. The highest BCUT2D eigenvalue weighted by atomic mass is 127. The lowest BCUT2D eigenvalue weighted by Crippen LogP contribution is -2.01. The summed E-state index contributed by atoms with van der Waals surface area (Å²) in [4.78, 5) is 20.2. The molecule has 0 aromatic heterocycles. The number of hydrogen-bond donors (Lipinski definition) is 1. The molecular formula is C7H4INO6. The smallest absolute Gasteiger partial charge is 0.341 e. The predicted octanol–water partition coefficient (Wildman–Crippen LogP) is 1.66. The van der Waals surface area contributed by atoms with Crippen molar-refractivity contribution in [1.82, 2.24) is 0 Å². The third kappa shape index (κ3) is 2.46. The standard InChI is InChI=1S/C7H4INO6/c10-7(11)5-3-4(9(14)15)1-2-6(5)8(12)13/h1-3H,(H,10,11). The van der Waals surface area contributed by atoms with Crippen molar-refractivity contribution in [1.29, 1.82) is 0 Å². The quantitative estimate of drug-likeness (QED) is 0.513. The number of hydrogen-bond acceptors (Lipinski definition) is 5. The van der Waals surface area contributed by atoms with E-state index in [9.17, 15) is 21.0 Å². The van der Waals surface area contributed by atoms with Crippen LogP contribution in [-0.2, 0) is 6.14 Å². The van der Waals surface area contributed by atoms with Crippen LogP contribution < -0.4 is 0 Å². The maximum absolute atomic E-state index is 10.7. The predicted molar refractivity (Wildman–Crippen MR) is 54.1 cm³/mol. The van der Waals surface area contributed by atoms with Crippen molar-refractivity contribution >= 4 is 31.4 Å². The molecule has 80 valence electrons. The van der Waals surface area contributed by atoms with Crippen LogP contribution in [-0.4, -0.2) is 16.0 Å². The Kier molecular flexibility index (Phi) is 3.29. The third-order valence-corrected chi connectivity index (χ3v) is 3.45. The van der Waals surface area contributed by atoms with Gasteiger partial charge in [-0.25, -0.2) is 10.9 Å². The number of halogens is 1. The molecule has 15 heavy (non-hydrogen) atoms. The maximum Gasteiger partial charge on any atom is 0.341 e. The van der Waals surface area contributed by atoms with Gasteiger partial charge in [-0.2, -0.15) is 0 Å². The van der Waals surface area contributed by atoms with Gasteiger partial charge in [0.2, 0.25) is 0 Å². The molecule has 0 radical (unpaired) electrons. The van der Waals surface area contributed by atoms with Crippen LogP contribution in [0.1, 0.15) is 10.4 Å². The molecule has 0 heterocycles. The van der Waals surface area contributed by atoms with Gasteiger partial charge < -0.3 is 5.11 Å². The molecule has 1 rings (SSSR count). The van der Waals surface area contributed by atoms with Crippen molar-refractivity contribution in [3.8, 4) is 0 Å². The van der Waals surface area contributed by atoms with Crippen molar-refractivity contribution in [2.24, 2.45) is 0 Å². The zero-order valence-corrected chi connectivity index (χ0v) is 9.20.